The summed E-state index contributed by atoms with van der Waals surface area (Å²) >= 11 is 0. The van der Waals surface area contributed by atoms with Crippen molar-refractivity contribution in [2.24, 2.45) is 0 Å². The van der Waals surface area contributed by atoms with Crippen LogP contribution in [0.2, 0.25) is 0 Å². The highest BCUT2D eigenvalue weighted by Gasteiger charge is 2.37. The third kappa shape index (κ3) is 2.38. The van der Waals surface area contributed by atoms with E-state index in [4.69, 9.17) is 0 Å². The molecular formula is C15H21N3O. The Morgan fingerprint density at radius 2 is 2.16 bits per heavy atom. The van der Waals surface area contributed by atoms with E-state index in [9.17, 15) is 4.79 Å². The molecule has 19 heavy (non-hydrogen) atoms. The standard InChI is InChI=1S/C15H21N3O/c1-11-4-3-5-12(6-11)14-8-16-7-13-9-17(2)15(19)10-18(13)14/h3-6,13-14,16H,7-10H2,1-2H3. The summed E-state index contributed by atoms with van der Waals surface area (Å²) in [6.07, 6.45) is 0. The van der Waals surface area contributed by atoms with Gasteiger partial charge in [0.05, 0.1) is 6.54 Å². The van der Waals surface area contributed by atoms with Gasteiger partial charge in [-0.05, 0) is 12.5 Å². The normalized spacial score (nSPS) is 28.3. The lowest BCUT2D eigenvalue weighted by atomic mass is 9.97. The predicted molar refractivity (Wildman–Crippen MR) is 74.9 cm³/mol. The van der Waals surface area contributed by atoms with Gasteiger partial charge in [-0.2, -0.15) is 0 Å². The molecule has 0 aliphatic carbocycles. The Balaban J connectivity index is 1.87. The summed E-state index contributed by atoms with van der Waals surface area (Å²) < 4.78 is 0. The van der Waals surface area contributed by atoms with E-state index in [0.717, 1.165) is 19.6 Å². The molecule has 2 fully saturated rings. The first kappa shape index (κ1) is 12.6. The number of piperazine rings is 2. The average molecular weight is 259 g/mol. The molecule has 2 unspecified atom stereocenters. The number of likely N-dealkylation sites (N-methyl/N-ethyl adjacent to an activating group) is 1. The van der Waals surface area contributed by atoms with Gasteiger partial charge in [-0.25, -0.2) is 0 Å². The molecule has 2 heterocycles. The lowest BCUT2D eigenvalue weighted by molar-refractivity contribution is -0.139. The number of amides is 1. The Morgan fingerprint density at radius 3 is 2.95 bits per heavy atom. The molecule has 1 N–H and O–H groups in total. The number of rotatable bonds is 1. The minimum absolute atomic E-state index is 0.232. The SMILES string of the molecule is Cc1cccc(C2CNCC3CN(C)C(=O)CN32)c1. The molecule has 0 bridgehead atoms. The molecule has 1 aromatic carbocycles. The Bertz CT molecular complexity index is 488. The van der Waals surface area contributed by atoms with Crippen molar-refractivity contribution < 1.29 is 4.79 Å². The number of aryl methyl sites for hydroxylation is 1. The van der Waals surface area contributed by atoms with Crippen molar-refractivity contribution >= 4 is 5.91 Å². The quantitative estimate of drug-likeness (QED) is 0.809. The number of hydrogen-bond donors (Lipinski definition) is 1. The summed E-state index contributed by atoms with van der Waals surface area (Å²) in [6.45, 7) is 5.39. The maximum Gasteiger partial charge on any atom is 0.236 e. The molecule has 2 atom stereocenters. The zero-order valence-corrected chi connectivity index (χ0v) is 11.6. The van der Waals surface area contributed by atoms with Gasteiger partial charge in [-0.1, -0.05) is 29.8 Å². The van der Waals surface area contributed by atoms with Crippen molar-refractivity contribution in [3.8, 4) is 0 Å². The summed E-state index contributed by atoms with van der Waals surface area (Å²) in [5.74, 6) is 0.232. The van der Waals surface area contributed by atoms with Crippen LogP contribution in [0, 0.1) is 6.92 Å². The van der Waals surface area contributed by atoms with Gasteiger partial charge in [0.2, 0.25) is 5.91 Å². The van der Waals surface area contributed by atoms with E-state index in [1.807, 2.05) is 11.9 Å². The molecule has 0 radical (unpaired) electrons. The van der Waals surface area contributed by atoms with Gasteiger partial charge in [0.25, 0.3) is 0 Å². The summed E-state index contributed by atoms with van der Waals surface area (Å²) in [5, 5.41) is 3.51. The predicted octanol–water partition coefficient (Wildman–Crippen LogP) is 0.782. The van der Waals surface area contributed by atoms with Crippen LogP contribution in [-0.4, -0.2) is 55.0 Å². The monoisotopic (exact) mass is 259 g/mol. The first-order valence-corrected chi connectivity index (χ1v) is 6.92. The van der Waals surface area contributed by atoms with E-state index in [2.05, 4.69) is 41.4 Å². The molecular weight excluding hydrogens is 238 g/mol. The van der Waals surface area contributed by atoms with Gasteiger partial charge < -0.3 is 10.2 Å². The van der Waals surface area contributed by atoms with Crippen molar-refractivity contribution in [2.75, 3.05) is 33.2 Å². The summed E-state index contributed by atoms with van der Waals surface area (Å²) in [5.41, 5.74) is 2.59. The molecule has 3 rings (SSSR count). The third-order valence-corrected chi connectivity index (χ3v) is 4.24. The van der Waals surface area contributed by atoms with E-state index in [1.165, 1.54) is 11.1 Å². The fourth-order valence-corrected chi connectivity index (χ4v) is 3.17. The van der Waals surface area contributed by atoms with Gasteiger partial charge in [-0.15, -0.1) is 0 Å². The zero-order valence-electron chi connectivity index (χ0n) is 11.6. The molecule has 1 amide bonds. The summed E-state index contributed by atoms with van der Waals surface area (Å²) in [4.78, 5) is 16.2. The van der Waals surface area contributed by atoms with Crippen LogP contribution in [0.25, 0.3) is 0 Å². The maximum absolute atomic E-state index is 12.0. The summed E-state index contributed by atoms with van der Waals surface area (Å²) in [6, 6.07) is 9.37. The fraction of sp³-hybridized carbons (Fsp3) is 0.533. The first-order chi connectivity index (χ1) is 9.15. The van der Waals surface area contributed by atoms with Gasteiger partial charge in [0.1, 0.15) is 0 Å². The minimum atomic E-state index is 0.232. The molecule has 0 aromatic heterocycles. The van der Waals surface area contributed by atoms with Crippen molar-refractivity contribution in [1.82, 2.24) is 15.1 Å². The van der Waals surface area contributed by atoms with E-state index < -0.39 is 0 Å². The number of hydrogen-bond acceptors (Lipinski definition) is 3. The largest absolute Gasteiger partial charge is 0.343 e. The molecule has 102 valence electrons. The van der Waals surface area contributed by atoms with Crippen molar-refractivity contribution in [3.63, 3.8) is 0 Å². The molecule has 2 aliphatic heterocycles. The second-order valence-corrected chi connectivity index (χ2v) is 5.69. The van der Waals surface area contributed by atoms with E-state index in [-0.39, 0.29) is 5.91 Å². The molecule has 0 saturated carbocycles. The lowest BCUT2D eigenvalue weighted by Gasteiger charge is -2.47. The van der Waals surface area contributed by atoms with E-state index >= 15 is 0 Å². The van der Waals surface area contributed by atoms with Crippen LogP contribution >= 0.6 is 0 Å². The number of fused-ring (bicyclic) bond motifs is 1. The van der Waals surface area contributed by atoms with Crippen molar-refractivity contribution in [3.05, 3.63) is 35.4 Å². The van der Waals surface area contributed by atoms with Crippen LogP contribution in [0.5, 0.6) is 0 Å². The number of carbonyl (C=O) groups excluding carboxylic acids is 1. The second kappa shape index (κ2) is 4.94. The highest BCUT2D eigenvalue weighted by molar-refractivity contribution is 5.79. The molecule has 2 aliphatic rings. The van der Waals surface area contributed by atoms with Crippen molar-refractivity contribution in [1.29, 1.82) is 0 Å². The van der Waals surface area contributed by atoms with E-state index in [0.29, 0.717) is 18.6 Å². The number of benzene rings is 1. The van der Waals surface area contributed by atoms with Crippen LogP contribution in [-0.2, 0) is 4.79 Å². The summed E-state index contributed by atoms with van der Waals surface area (Å²) in [7, 11) is 1.90. The maximum atomic E-state index is 12.0. The zero-order chi connectivity index (χ0) is 13.4. The second-order valence-electron chi connectivity index (χ2n) is 5.69. The minimum Gasteiger partial charge on any atom is -0.343 e. The molecule has 4 heteroatoms. The Hall–Kier alpha value is -1.39. The van der Waals surface area contributed by atoms with Gasteiger partial charge in [0, 0.05) is 38.8 Å². The Kier molecular flexibility index (Phi) is 3.29. The first-order valence-electron chi connectivity index (χ1n) is 6.92. The third-order valence-electron chi connectivity index (χ3n) is 4.24. The fourth-order valence-electron chi connectivity index (χ4n) is 3.17. The smallest absolute Gasteiger partial charge is 0.236 e. The molecule has 4 nitrogen and oxygen atoms in total. The van der Waals surface area contributed by atoms with Crippen LogP contribution in [0.1, 0.15) is 17.2 Å². The number of nitrogens with zero attached hydrogens (tertiary/aromatic N) is 2. The lowest BCUT2D eigenvalue weighted by Crippen LogP contribution is -2.63. The van der Waals surface area contributed by atoms with Crippen LogP contribution in [0.4, 0.5) is 0 Å². The van der Waals surface area contributed by atoms with Gasteiger partial charge in [-0.3, -0.25) is 9.69 Å². The van der Waals surface area contributed by atoms with Crippen LogP contribution in [0.3, 0.4) is 0 Å². The molecule has 1 aromatic rings. The van der Waals surface area contributed by atoms with Gasteiger partial charge >= 0.3 is 0 Å². The van der Waals surface area contributed by atoms with Gasteiger partial charge in [0.15, 0.2) is 0 Å². The Morgan fingerprint density at radius 1 is 1.32 bits per heavy atom. The molecule has 0 spiro atoms. The highest BCUT2D eigenvalue weighted by atomic mass is 16.2. The molecule has 2 saturated heterocycles. The topological polar surface area (TPSA) is 35.6 Å². The average Bonchev–Trinajstić information content (AvgIpc) is 2.39. The van der Waals surface area contributed by atoms with Crippen LogP contribution < -0.4 is 5.32 Å². The Labute approximate surface area is 114 Å². The number of nitrogens with one attached hydrogen (secondary N) is 1. The van der Waals surface area contributed by atoms with Crippen LogP contribution in [0.15, 0.2) is 24.3 Å². The van der Waals surface area contributed by atoms with E-state index in [1.54, 1.807) is 0 Å². The number of carbonyl (C=O) groups is 1. The highest BCUT2D eigenvalue weighted by Crippen LogP contribution is 2.28. The van der Waals surface area contributed by atoms with Crippen molar-refractivity contribution in [2.45, 2.75) is 19.0 Å².